The van der Waals surface area contributed by atoms with Crippen molar-refractivity contribution in [2.24, 2.45) is 5.92 Å². The van der Waals surface area contributed by atoms with E-state index in [9.17, 15) is 13.6 Å². The molecule has 1 amide bonds. The van der Waals surface area contributed by atoms with Crippen LogP contribution in [-0.4, -0.2) is 42.6 Å². The van der Waals surface area contributed by atoms with E-state index in [0.29, 0.717) is 24.5 Å². The number of para-hydroxylation sites is 1. The molecule has 2 aliphatic heterocycles. The molecule has 1 aromatic rings. The van der Waals surface area contributed by atoms with Gasteiger partial charge in [-0.1, -0.05) is 18.2 Å². The van der Waals surface area contributed by atoms with Crippen LogP contribution in [0.2, 0.25) is 0 Å². The van der Waals surface area contributed by atoms with Gasteiger partial charge in [-0.15, -0.1) is 12.4 Å². The standard InChI is InChI=1S/C19H24F2N2O2.ClH/c1-23(13-8-11-6-7-12(9-13)22-11)18(24)16-10-15(16)14-4-2-3-5-17(14)25-19(20)21;/h2-5,11-13,15-16,19,22H,6-10H2,1H3;1H. The second-order valence-electron chi connectivity index (χ2n) is 7.58. The van der Waals surface area contributed by atoms with Crippen LogP contribution in [0.4, 0.5) is 8.78 Å². The number of hydrogen-bond donors (Lipinski definition) is 1. The maximum Gasteiger partial charge on any atom is 0.387 e. The first-order valence-electron chi connectivity index (χ1n) is 9.09. The third-order valence-electron chi connectivity index (χ3n) is 5.99. The Morgan fingerprint density at radius 3 is 2.50 bits per heavy atom. The van der Waals surface area contributed by atoms with Crippen molar-refractivity contribution in [3.63, 3.8) is 0 Å². The Morgan fingerprint density at radius 2 is 1.85 bits per heavy atom. The van der Waals surface area contributed by atoms with Crippen molar-refractivity contribution < 1.29 is 18.3 Å². The highest BCUT2D eigenvalue weighted by Crippen LogP contribution is 2.51. The molecule has 3 aliphatic rings. The summed E-state index contributed by atoms with van der Waals surface area (Å²) in [5.41, 5.74) is 0.722. The summed E-state index contributed by atoms with van der Waals surface area (Å²) < 4.78 is 29.8. The quantitative estimate of drug-likeness (QED) is 0.841. The average molecular weight is 387 g/mol. The number of nitrogens with one attached hydrogen (secondary N) is 1. The van der Waals surface area contributed by atoms with Gasteiger partial charge < -0.3 is 15.0 Å². The van der Waals surface area contributed by atoms with Crippen molar-refractivity contribution in [2.45, 2.75) is 62.8 Å². The summed E-state index contributed by atoms with van der Waals surface area (Å²) in [5, 5.41) is 3.59. The van der Waals surface area contributed by atoms with Gasteiger partial charge in [0.15, 0.2) is 0 Å². The lowest BCUT2D eigenvalue weighted by atomic mass is 9.98. The lowest BCUT2D eigenvalue weighted by Gasteiger charge is -2.35. The van der Waals surface area contributed by atoms with Crippen molar-refractivity contribution in [1.29, 1.82) is 0 Å². The van der Waals surface area contributed by atoms with E-state index in [1.165, 1.54) is 12.8 Å². The maximum atomic E-state index is 12.9. The fraction of sp³-hybridized carbons (Fsp3) is 0.632. The number of benzene rings is 1. The number of ether oxygens (including phenoxy) is 1. The third-order valence-corrected chi connectivity index (χ3v) is 5.99. The predicted octanol–water partition coefficient (Wildman–Crippen LogP) is 3.55. The second kappa shape index (κ2) is 7.69. The zero-order valence-electron chi connectivity index (χ0n) is 14.7. The molecule has 3 fully saturated rings. The van der Waals surface area contributed by atoms with Gasteiger partial charge in [0.1, 0.15) is 5.75 Å². The zero-order chi connectivity index (χ0) is 17.6. The van der Waals surface area contributed by atoms with Gasteiger partial charge in [0.25, 0.3) is 0 Å². The predicted molar refractivity (Wildman–Crippen MR) is 96.9 cm³/mol. The molecular formula is C19H25ClF2N2O2. The second-order valence-corrected chi connectivity index (χ2v) is 7.58. The molecule has 4 nitrogen and oxygen atoms in total. The molecule has 0 spiro atoms. The number of carbonyl (C=O) groups is 1. The number of fused-ring (bicyclic) bond motifs is 2. The minimum Gasteiger partial charge on any atom is -0.435 e. The van der Waals surface area contributed by atoms with Crippen LogP contribution in [0.1, 0.15) is 43.6 Å². The Bertz CT molecular complexity index is 648. The molecule has 0 radical (unpaired) electrons. The van der Waals surface area contributed by atoms with Gasteiger partial charge in [0, 0.05) is 31.1 Å². The smallest absolute Gasteiger partial charge is 0.387 e. The Kier molecular flexibility index (Phi) is 5.72. The third kappa shape index (κ3) is 3.81. The van der Waals surface area contributed by atoms with Crippen LogP contribution in [0.25, 0.3) is 0 Å². The summed E-state index contributed by atoms with van der Waals surface area (Å²) in [6.07, 6.45) is 5.15. The van der Waals surface area contributed by atoms with Gasteiger partial charge in [0.05, 0.1) is 0 Å². The average Bonchev–Trinajstić information content (AvgIpc) is 3.32. The molecule has 7 heteroatoms. The van der Waals surface area contributed by atoms with Crippen molar-refractivity contribution in [1.82, 2.24) is 10.2 Å². The Hall–Kier alpha value is -1.40. The monoisotopic (exact) mass is 386 g/mol. The summed E-state index contributed by atoms with van der Waals surface area (Å²) in [6, 6.07) is 8.19. The highest BCUT2D eigenvalue weighted by molar-refractivity contribution is 5.85. The van der Waals surface area contributed by atoms with Gasteiger partial charge in [0.2, 0.25) is 5.91 Å². The Balaban J connectivity index is 0.00000196. The van der Waals surface area contributed by atoms with Crippen LogP contribution in [0.5, 0.6) is 5.75 Å². The van der Waals surface area contributed by atoms with Crippen molar-refractivity contribution in [3.8, 4) is 5.75 Å². The Labute approximate surface area is 158 Å². The van der Waals surface area contributed by atoms with Gasteiger partial charge >= 0.3 is 6.61 Å². The SMILES string of the molecule is CN(C(=O)C1CC1c1ccccc1OC(F)F)C1CC2CCC(C1)N2.Cl. The summed E-state index contributed by atoms with van der Waals surface area (Å²) in [7, 11) is 1.90. The zero-order valence-corrected chi connectivity index (χ0v) is 15.6. The number of carbonyl (C=O) groups excluding carboxylic acids is 1. The molecule has 1 aliphatic carbocycles. The highest BCUT2D eigenvalue weighted by atomic mass is 35.5. The molecule has 144 valence electrons. The number of alkyl halides is 2. The number of rotatable bonds is 5. The Morgan fingerprint density at radius 1 is 1.19 bits per heavy atom. The number of nitrogens with zero attached hydrogens (tertiary/aromatic N) is 1. The maximum absolute atomic E-state index is 12.9. The molecule has 1 aromatic carbocycles. The largest absolute Gasteiger partial charge is 0.435 e. The summed E-state index contributed by atoms with van der Waals surface area (Å²) in [6.45, 7) is -2.85. The van der Waals surface area contributed by atoms with E-state index >= 15 is 0 Å². The molecule has 2 heterocycles. The van der Waals surface area contributed by atoms with E-state index in [1.54, 1.807) is 18.2 Å². The van der Waals surface area contributed by atoms with Crippen LogP contribution in [0.3, 0.4) is 0 Å². The van der Waals surface area contributed by atoms with E-state index in [1.807, 2.05) is 18.0 Å². The fourth-order valence-electron chi connectivity index (χ4n) is 4.59. The molecule has 2 bridgehead atoms. The fourth-order valence-corrected chi connectivity index (χ4v) is 4.59. The van der Waals surface area contributed by atoms with Gasteiger partial charge in [-0.05, 0) is 49.7 Å². The van der Waals surface area contributed by atoms with Crippen LogP contribution in [0.15, 0.2) is 24.3 Å². The van der Waals surface area contributed by atoms with Gasteiger partial charge in [-0.3, -0.25) is 4.79 Å². The van der Waals surface area contributed by atoms with Gasteiger partial charge in [-0.25, -0.2) is 0 Å². The molecule has 1 N–H and O–H groups in total. The van der Waals surface area contributed by atoms with E-state index in [4.69, 9.17) is 0 Å². The molecule has 4 rings (SSSR count). The van der Waals surface area contributed by atoms with E-state index in [-0.39, 0.29) is 35.9 Å². The number of piperidine rings is 1. The first kappa shape index (κ1) is 19.4. The molecular weight excluding hydrogens is 362 g/mol. The van der Waals surface area contributed by atoms with Crippen LogP contribution >= 0.6 is 12.4 Å². The van der Waals surface area contributed by atoms with Crippen molar-refractivity contribution >= 4 is 18.3 Å². The van der Waals surface area contributed by atoms with Crippen LogP contribution < -0.4 is 10.1 Å². The summed E-state index contributed by atoms with van der Waals surface area (Å²) >= 11 is 0. The summed E-state index contributed by atoms with van der Waals surface area (Å²) in [5.74, 6) is 0.215. The minimum absolute atomic E-state index is 0. The molecule has 2 saturated heterocycles. The van der Waals surface area contributed by atoms with Crippen molar-refractivity contribution in [3.05, 3.63) is 29.8 Å². The minimum atomic E-state index is -2.85. The van der Waals surface area contributed by atoms with Gasteiger partial charge in [-0.2, -0.15) is 8.78 Å². The number of hydrogen-bond acceptors (Lipinski definition) is 3. The topological polar surface area (TPSA) is 41.6 Å². The number of amides is 1. The normalized spacial score (nSPS) is 32.1. The number of halogens is 3. The lowest BCUT2D eigenvalue weighted by Crippen LogP contribution is -2.49. The van der Waals surface area contributed by atoms with Crippen LogP contribution in [0, 0.1) is 5.92 Å². The molecule has 1 saturated carbocycles. The van der Waals surface area contributed by atoms with E-state index < -0.39 is 6.61 Å². The first-order valence-corrected chi connectivity index (χ1v) is 9.09. The summed E-state index contributed by atoms with van der Waals surface area (Å²) in [4.78, 5) is 14.8. The van der Waals surface area contributed by atoms with E-state index in [0.717, 1.165) is 18.4 Å². The molecule has 0 aromatic heterocycles. The lowest BCUT2D eigenvalue weighted by molar-refractivity contribution is -0.134. The van der Waals surface area contributed by atoms with Crippen molar-refractivity contribution in [2.75, 3.05) is 7.05 Å². The van der Waals surface area contributed by atoms with Crippen LogP contribution in [-0.2, 0) is 4.79 Å². The molecule has 26 heavy (non-hydrogen) atoms. The molecule has 4 atom stereocenters. The van der Waals surface area contributed by atoms with E-state index in [2.05, 4.69) is 10.1 Å². The molecule has 4 unspecified atom stereocenters. The first-order chi connectivity index (χ1) is 12.0. The highest BCUT2D eigenvalue weighted by Gasteiger charge is 2.48.